The van der Waals surface area contributed by atoms with Gasteiger partial charge in [-0.1, -0.05) is 24.3 Å². The molecule has 0 bridgehead atoms. The monoisotopic (exact) mass is 387 g/mol. The molecule has 2 aliphatic rings. The van der Waals surface area contributed by atoms with Crippen LogP contribution in [0.3, 0.4) is 0 Å². The largest absolute Gasteiger partial charge is 0.496 e. The van der Waals surface area contributed by atoms with E-state index in [0.29, 0.717) is 36.1 Å². The standard InChI is InChI=1S/C21H22FNO5/c1-27-17-9-4-3-6-14(17)13-10-11-21(28-2,18(22)12-13)23-19(24)15-7-5-8-16(15)20(25)26/h3-4,6,9-12,18H,5,7-8H2,1-2H3,(H,23,24)(H,25,26). The second-order valence-electron chi connectivity index (χ2n) is 6.62. The minimum Gasteiger partial charge on any atom is -0.496 e. The zero-order valence-electron chi connectivity index (χ0n) is 15.7. The number of allylic oxidation sites excluding steroid dienone is 2. The summed E-state index contributed by atoms with van der Waals surface area (Å²) in [4.78, 5) is 23.9. The second-order valence-corrected chi connectivity index (χ2v) is 6.62. The summed E-state index contributed by atoms with van der Waals surface area (Å²) in [6.07, 6.45) is 4.01. The van der Waals surface area contributed by atoms with E-state index >= 15 is 4.39 Å². The molecule has 1 aromatic carbocycles. The van der Waals surface area contributed by atoms with Crippen LogP contribution in [0.25, 0.3) is 5.57 Å². The average molecular weight is 387 g/mol. The molecule has 2 atom stereocenters. The lowest BCUT2D eigenvalue weighted by atomic mass is 9.92. The number of aliphatic carboxylic acids is 1. The van der Waals surface area contributed by atoms with Gasteiger partial charge in [0.25, 0.3) is 0 Å². The minimum atomic E-state index is -1.71. The molecule has 0 saturated heterocycles. The Morgan fingerprint density at radius 2 is 1.93 bits per heavy atom. The summed E-state index contributed by atoms with van der Waals surface area (Å²) in [5.74, 6) is -1.15. The van der Waals surface area contributed by atoms with Gasteiger partial charge in [0.15, 0.2) is 11.9 Å². The molecular weight excluding hydrogens is 365 g/mol. The quantitative estimate of drug-likeness (QED) is 0.733. The maximum absolute atomic E-state index is 15.1. The summed E-state index contributed by atoms with van der Waals surface area (Å²) >= 11 is 0. The predicted molar refractivity (Wildman–Crippen MR) is 101 cm³/mol. The number of nitrogens with one attached hydrogen (secondary N) is 1. The van der Waals surface area contributed by atoms with E-state index in [0.717, 1.165) is 0 Å². The fraction of sp³-hybridized carbons (Fsp3) is 0.333. The molecule has 0 fully saturated rings. The van der Waals surface area contributed by atoms with Gasteiger partial charge in [-0.15, -0.1) is 0 Å². The maximum atomic E-state index is 15.1. The van der Waals surface area contributed by atoms with E-state index in [9.17, 15) is 14.7 Å². The first-order valence-electron chi connectivity index (χ1n) is 8.93. The Bertz CT molecular complexity index is 889. The van der Waals surface area contributed by atoms with Crippen molar-refractivity contribution in [1.82, 2.24) is 5.32 Å². The fourth-order valence-electron chi connectivity index (χ4n) is 3.53. The lowest BCUT2D eigenvalue weighted by Crippen LogP contribution is -2.56. The van der Waals surface area contributed by atoms with Crippen molar-refractivity contribution in [2.75, 3.05) is 14.2 Å². The molecule has 6 nitrogen and oxygen atoms in total. The van der Waals surface area contributed by atoms with Gasteiger partial charge in [-0.05, 0) is 43.1 Å². The summed E-state index contributed by atoms with van der Waals surface area (Å²) in [7, 11) is 2.83. The van der Waals surface area contributed by atoms with E-state index in [-0.39, 0.29) is 11.1 Å². The maximum Gasteiger partial charge on any atom is 0.332 e. The first-order valence-corrected chi connectivity index (χ1v) is 8.93. The van der Waals surface area contributed by atoms with Gasteiger partial charge < -0.3 is 19.9 Å². The molecule has 2 unspecified atom stereocenters. The number of benzene rings is 1. The number of methoxy groups -OCH3 is 2. The van der Waals surface area contributed by atoms with Crippen LogP contribution in [-0.2, 0) is 14.3 Å². The fourth-order valence-corrected chi connectivity index (χ4v) is 3.53. The van der Waals surface area contributed by atoms with Gasteiger partial charge >= 0.3 is 5.97 Å². The number of para-hydroxylation sites is 1. The highest BCUT2D eigenvalue weighted by molar-refractivity contribution is 6.03. The topological polar surface area (TPSA) is 84.9 Å². The summed E-state index contributed by atoms with van der Waals surface area (Å²) in [5.41, 5.74) is -0.153. The van der Waals surface area contributed by atoms with Crippen molar-refractivity contribution in [1.29, 1.82) is 0 Å². The van der Waals surface area contributed by atoms with Gasteiger partial charge in [0.1, 0.15) is 5.75 Å². The van der Waals surface area contributed by atoms with Crippen LogP contribution < -0.4 is 10.1 Å². The Hall–Kier alpha value is -2.93. The number of halogens is 1. The smallest absolute Gasteiger partial charge is 0.332 e. The molecule has 0 aliphatic heterocycles. The number of hydrogen-bond acceptors (Lipinski definition) is 4. The molecule has 1 aromatic rings. The number of carbonyl (C=O) groups is 2. The number of alkyl halides is 1. The highest BCUT2D eigenvalue weighted by atomic mass is 19.1. The summed E-state index contributed by atoms with van der Waals surface area (Å²) in [6.45, 7) is 0. The second kappa shape index (κ2) is 7.98. The highest BCUT2D eigenvalue weighted by Gasteiger charge is 2.41. The number of amides is 1. The first-order chi connectivity index (χ1) is 13.4. The Kier molecular flexibility index (Phi) is 5.65. The third-order valence-corrected chi connectivity index (χ3v) is 5.06. The van der Waals surface area contributed by atoms with Gasteiger partial charge in [-0.2, -0.15) is 0 Å². The van der Waals surface area contributed by atoms with Crippen molar-refractivity contribution in [3.63, 3.8) is 0 Å². The van der Waals surface area contributed by atoms with Crippen LogP contribution in [0.15, 0.2) is 53.6 Å². The normalized spacial score (nSPS) is 24.1. The molecule has 0 heterocycles. The number of carbonyl (C=O) groups excluding carboxylic acids is 1. The molecule has 0 aromatic heterocycles. The minimum absolute atomic E-state index is 0.0733. The van der Waals surface area contributed by atoms with Gasteiger partial charge in [-0.3, -0.25) is 4.79 Å². The zero-order valence-corrected chi connectivity index (χ0v) is 15.7. The van der Waals surface area contributed by atoms with E-state index in [4.69, 9.17) is 9.47 Å². The van der Waals surface area contributed by atoms with Crippen LogP contribution in [0.4, 0.5) is 4.39 Å². The van der Waals surface area contributed by atoms with E-state index in [1.165, 1.54) is 26.4 Å². The van der Waals surface area contributed by atoms with Crippen molar-refractivity contribution >= 4 is 17.4 Å². The number of carboxylic acid groups (broad SMARTS) is 1. The molecule has 2 aliphatic carbocycles. The summed E-state index contributed by atoms with van der Waals surface area (Å²) in [6, 6.07) is 7.22. The highest BCUT2D eigenvalue weighted by Crippen LogP contribution is 2.34. The zero-order chi connectivity index (χ0) is 20.3. The van der Waals surface area contributed by atoms with Gasteiger partial charge in [0, 0.05) is 23.8 Å². The molecule has 7 heteroatoms. The summed E-state index contributed by atoms with van der Waals surface area (Å²) in [5, 5.41) is 11.8. The van der Waals surface area contributed by atoms with Crippen LogP contribution in [0.1, 0.15) is 24.8 Å². The number of rotatable bonds is 6. The van der Waals surface area contributed by atoms with Crippen LogP contribution in [0, 0.1) is 0 Å². The van der Waals surface area contributed by atoms with Crippen molar-refractivity contribution in [3.05, 3.63) is 59.2 Å². The van der Waals surface area contributed by atoms with Crippen molar-refractivity contribution in [2.24, 2.45) is 0 Å². The van der Waals surface area contributed by atoms with Gasteiger partial charge in [0.2, 0.25) is 5.91 Å². The van der Waals surface area contributed by atoms with Crippen molar-refractivity contribution in [3.8, 4) is 5.75 Å². The van der Waals surface area contributed by atoms with Crippen molar-refractivity contribution in [2.45, 2.75) is 31.2 Å². The summed E-state index contributed by atoms with van der Waals surface area (Å²) < 4.78 is 25.8. The Morgan fingerprint density at radius 3 is 2.57 bits per heavy atom. The molecule has 28 heavy (non-hydrogen) atoms. The van der Waals surface area contributed by atoms with E-state index in [2.05, 4.69) is 5.32 Å². The molecule has 1 amide bonds. The van der Waals surface area contributed by atoms with Gasteiger partial charge in [0.05, 0.1) is 7.11 Å². The lowest BCUT2D eigenvalue weighted by molar-refractivity contribution is -0.134. The SMILES string of the molecule is COc1ccccc1C1=CC(F)C(NC(=O)C2=C(C(=O)O)CCC2)(OC)C=C1. The van der Waals surface area contributed by atoms with Crippen LogP contribution in [-0.4, -0.2) is 43.1 Å². The first kappa shape index (κ1) is 19.8. The predicted octanol–water partition coefficient (Wildman–Crippen LogP) is 3.01. The van der Waals surface area contributed by atoms with E-state index in [1.807, 2.05) is 18.2 Å². The average Bonchev–Trinajstić information content (AvgIpc) is 3.20. The van der Waals surface area contributed by atoms with E-state index < -0.39 is 23.8 Å². The molecule has 0 spiro atoms. The third-order valence-electron chi connectivity index (χ3n) is 5.06. The lowest BCUT2D eigenvalue weighted by Gasteiger charge is -2.35. The molecule has 3 rings (SSSR count). The van der Waals surface area contributed by atoms with Crippen molar-refractivity contribution < 1.29 is 28.6 Å². The van der Waals surface area contributed by atoms with Crippen LogP contribution in [0.2, 0.25) is 0 Å². The molecule has 148 valence electrons. The number of ether oxygens (including phenoxy) is 2. The number of hydrogen-bond donors (Lipinski definition) is 2. The molecule has 0 saturated carbocycles. The Labute approximate surface area is 162 Å². The Morgan fingerprint density at radius 1 is 1.21 bits per heavy atom. The van der Waals surface area contributed by atoms with Gasteiger partial charge in [-0.25, -0.2) is 9.18 Å². The molecular formula is C21H22FNO5. The van der Waals surface area contributed by atoms with Crippen LogP contribution >= 0.6 is 0 Å². The Balaban J connectivity index is 1.87. The third kappa shape index (κ3) is 3.57. The van der Waals surface area contributed by atoms with Crippen LogP contribution in [0.5, 0.6) is 5.75 Å². The molecule has 2 N–H and O–H groups in total. The number of carboxylic acids is 1. The molecule has 0 radical (unpaired) electrons. The van der Waals surface area contributed by atoms with E-state index in [1.54, 1.807) is 12.1 Å².